The first-order valence-electron chi connectivity index (χ1n) is 5.78. The summed E-state index contributed by atoms with van der Waals surface area (Å²) in [6, 6.07) is 10.8. The van der Waals surface area contributed by atoms with Crippen LogP contribution in [0.25, 0.3) is 11.3 Å². The molecule has 0 fully saturated rings. The van der Waals surface area contributed by atoms with Crippen LogP contribution in [0.1, 0.15) is 9.67 Å². The molecular formula is C14H9ClN2O2S. The van der Waals surface area contributed by atoms with Crippen LogP contribution in [0.2, 0.25) is 4.34 Å². The molecule has 100 valence electrons. The first-order chi connectivity index (χ1) is 9.72. The van der Waals surface area contributed by atoms with Gasteiger partial charge in [0.1, 0.15) is 0 Å². The normalized spacial score (nSPS) is 10.4. The summed E-state index contributed by atoms with van der Waals surface area (Å²) in [5.41, 5.74) is 1.54. The van der Waals surface area contributed by atoms with Gasteiger partial charge in [0.05, 0.1) is 15.4 Å². The fourth-order valence-electron chi connectivity index (χ4n) is 1.74. The number of rotatable bonds is 3. The maximum Gasteiger partial charge on any atom is 0.265 e. The molecule has 0 radical (unpaired) electrons. The predicted octanol–water partition coefficient (Wildman–Crippen LogP) is 4.31. The van der Waals surface area contributed by atoms with E-state index in [9.17, 15) is 4.79 Å². The Morgan fingerprint density at radius 2 is 2.20 bits per heavy atom. The van der Waals surface area contributed by atoms with Crippen molar-refractivity contribution < 1.29 is 9.21 Å². The molecule has 0 spiro atoms. The highest BCUT2D eigenvalue weighted by atomic mass is 35.5. The van der Waals surface area contributed by atoms with Crippen LogP contribution in [0, 0.1) is 0 Å². The molecule has 1 aromatic carbocycles. The monoisotopic (exact) mass is 304 g/mol. The molecule has 6 heteroatoms. The van der Waals surface area contributed by atoms with E-state index in [4.69, 9.17) is 16.0 Å². The third kappa shape index (κ3) is 2.74. The lowest BCUT2D eigenvalue weighted by atomic mass is 10.1. The van der Waals surface area contributed by atoms with E-state index in [2.05, 4.69) is 10.3 Å². The van der Waals surface area contributed by atoms with Gasteiger partial charge in [-0.05, 0) is 24.3 Å². The predicted molar refractivity (Wildman–Crippen MR) is 79.2 cm³/mol. The van der Waals surface area contributed by atoms with Gasteiger partial charge in [0.25, 0.3) is 5.91 Å². The van der Waals surface area contributed by atoms with E-state index in [-0.39, 0.29) is 5.91 Å². The summed E-state index contributed by atoms with van der Waals surface area (Å²) in [4.78, 5) is 16.5. The summed E-state index contributed by atoms with van der Waals surface area (Å²) in [5, 5.41) is 2.82. The largest absolute Gasteiger partial charge is 0.444 e. The number of hydrogen-bond donors (Lipinski definition) is 1. The van der Waals surface area contributed by atoms with Crippen LogP contribution < -0.4 is 5.32 Å². The molecule has 4 nitrogen and oxygen atoms in total. The van der Waals surface area contributed by atoms with Gasteiger partial charge < -0.3 is 9.73 Å². The van der Waals surface area contributed by atoms with Crippen LogP contribution in [-0.4, -0.2) is 10.9 Å². The summed E-state index contributed by atoms with van der Waals surface area (Å²) in [6.45, 7) is 0. The molecule has 1 N–H and O–H groups in total. The number of anilines is 1. The van der Waals surface area contributed by atoms with E-state index in [1.54, 1.807) is 18.3 Å². The molecule has 0 aliphatic heterocycles. The van der Waals surface area contributed by atoms with Gasteiger partial charge in [-0.1, -0.05) is 23.7 Å². The number of amides is 1. The molecule has 0 aliphatic carbocycles. The zero-order valence-electron chi connectivity index (χ0n) is 10.2. The van der Waals surface area contributed by atoms with Crippen molar-refractivity contribution in [3.63, 3.8) is 0 Å². The molecule has 3 aromatic rings. The van der Waals surface area contributed by atoms with E-state index >= 15 is 0 Å². The van der Waals surface area contributed by atoms with Crippen molar-refractivity contribution in [1.29, 1.82) is 0 Å². The Kier molecular flexibility index (Phi) is 3.54. The molecule has 3 rings (SSSR count). The van der Waals surface area contributed by atoms with Crippen molar-refractivity contribution >= 4 is 34.5 Å². The van der Waals surface area contributed by atoms with Gasteiger partial charge in [-0.2, -0.15) is 0 Å². The molecule has 20 heavy (non-hydrogen) atoms. The zero-order chi connectivity index (χ0) is 13.9. The van der Waals surface area contributed by atoms with Crippen LogP contribution >= 0.6 is 22.9 Å². The number of thiophene rings is 1. The number of hydrogen-bond acceptors (Lipinski definition) is 4. The number of halogens is 1. The highest BCUT2D eigenvalue weighted by molar-refractivity contribution is 7.18. The smallest absolute Gasteiger partial charge is 0.265 e. The first-order valence-corrected chi connectivity index (χ1v) is 6.97. The van der Waals surface area contributed by atoms with Crippen LogP contribution in [0.4, 0.5) is 5.69 Å². The quantitative estimate of drug-likeness (QED) is 0.784. The fourth-order valence-corrected chi connectivity index (χ4v) is 2.68. The van der Waals surface area contributed by atoms with Crippen LogP contribution in [-0.2, 0) is 0 Å². The van der Waals surface area contributed by atoms with Gasteiger partial charge in [0.15, 0.2) is 12.2 Å². The number of carbonyl (C=O) groups excluding carboxylic acids is 1. The second-order valence-electron chi connectivity index (χ2n) is 4.00. The molecule has 0 atom stereocenters. The number of aromatic nitrogens is 1. The van der Waals surface area contributed by atoms with E-state index in [0.717, 1.165) is 5.56 Å². The highest BCUT2D eigenvalue weighted by Gasteiger charge is 2.10. The van der Waals surface area contributed by atoms with Crippen molar-refractivity contribution in [2.45, 2.75) is 0 Å². The molecule has 0 saturated heterocycles. The summed E-state index contributed by atoms with van der Waals surface area (Å²) in [5.74, 6) is 0.469. The Morgan fingerprint density at radius 1 is 1.30 bits per heavy atom. The van der Waals surface area contributed by atoms with Gasteiger partial charge in [-0.15, -0.1) is 11.3 Å². The van der Waals surface area contributed by atoms with Crippen LogP contribution in [0.5, 0.6) is 0 Å². The van der Waals surface area contributed by atoms with Gasteiger partial charge in [0.2, 0.25) is 0 Å². The molecule has 1 amide bonds. The molecule has 2 heterocycles. The minimum atomic E-state index is -0.184. The number of carbonyl (C=O) groups is 1. The molecular weight excluding hydrogens is 296 g/mol. The Hall–Kier alpha value is -2.11. The lowest BCUT2D eigenvalue weighted by Crippen LogP contribution is -2.09. The number of nitrogens with zero attached hydrogens (tertiary/aromatic N) is 1. The Bertz CT molecular complexity index is 737. The van der Waals surface area contributed by atoms with Crippen LogP contribution in [0.3, 0.4) is 0 Å². The Morgan fingerprint density at radius 3 is 2.90 bits per heavy atom. The summed E-state index contributed by atoms with van der Waals surface area (Å²) in [6.07, 6.45) is 2.99. The first kappa shape index (κ1) is 12.9. The highest BCUT2D eigenvalue weighted by Crippen LogP contribution is 2.24. The third-order valence-corrected chi connectivity index (χ3v) is 3.86. The van der Waals surface area contributed by atoms with Gasteiger partial charge in [-0.25, -0.2) is 4.98 Å². The Labute approximate surface area is 124 Å². The average Bonchev–Trinajstić information content (AvgIpc) is 3.10. The van der Waals surface area contributed by atoms with Gasteiger partial charge >= 0.3 is 0 Å². The molecule has 2 aromatic heterocycles. The van der Waals surface area contributed by atoms with Gasteiger partial charge in [0, 0.05) is 11.3 Å². The average molecular weight is 305 g/mol. The second kappa shape index (κ2) is 5.48. The maximum absolute atomic E-state index is 12.0. The molecule has 0 aliphatic rings. The molecule has 0 unspecified atom stereocenters. The maximum atomic E-state index is 12.0. The van der Waals surface area contributed by atoms with E-state index in [1.807, 2.05) is 24.3 Å². The summed E-state index contributed by atoms with van der Waals surface area (Å²) >= 11 is 7.06. The second-order valence-corrected chi connectivity index (χ2v) is 5.72. The molecule has 0 bridgehead atoms. The van der Waals surface area contributed by atoms with E-state index in [0.29, 0.717) is 20.7 Å². The van der Waals surface area contributed by atoms with Crippen molar-refractivity contribution in [3.05, 3.63) is 58.2 Å². The third-order valence-electron chi connectivity index (χ3n) is 2.63. The lowest BCUT2D eigenvalue weighted by Gasteiger charge is -2.05. The lowest BCUT2D eigenvalue weighted by molar-refractivity contribution is 0.103. The minimum absolute atomic E-state index is 0.184. The molecule has 0 saturated carbocycles. The number of nitrogens with one attached hydrogen (secondary N) is 1. The number of benzene rings is 1. The minimum Gasteiger partial charge on any atom is -0.444 e. The van der Waals surface area contributed by atoms with E-state index < -0.39 is 0 Å². The van der Waals surface area contributed by atoms with Crippen molar-refractivity contribution in [2.75, 3.05) is 5.32 Å². The Balaban J connectivity index is 1.81. The van der Waals surface area contributed by atoms with Crippen molar-refractivity contribution in [1.82, 2.24) is 4.98 Å². The fraction of sp³-hybridized carbons (Fsp3) is 0. The van der Waals surface area contributed by atoms with Crippen molar-refractivity contribution in [2.24, 2.45) is 0 Å². The van der Waals surface area contributed by atoms with Crippen LogP contribution in [0.15, 0.2) is 53.4 Å². The summed E-state index contributed by atoms with van der Waals surface area (Å²) in [7, 11) is 0. The standard InChI is InChI=1S/C14H9ClN2O2S/c15-13-5-4-12(20-13)14(18)17-10-3-1-2-9(6-10)11-7-16-8-19-11/h1-8H,(H,17,18). The van der Waals surface area contributed by atoms with E-state index in [1.165, 1.54) is 17.7 Å². The number of oxazole rings is 1. The zero-order valence-corrected chi connectivity index (χ0v) is 11.7. The van der Waals surface area contributed by atoms with Gasteiger partial charge in [-0.3, -0.25) is 4.79 Å². The SMILES string of the molecule is O=C(Nc1cccc(-c2cnco2)c1)c1ccc(Cl)s1. The van der Waals surface area contributed by atoms with Crippen molar-refractivity contribution in [3.8, 4) is 11.3 Å². The topological polar surface area (TPSA) is 55.1 Å². The summed E-state index contributed by atoms with van der Waals surface area (Å²) < 4.78 is 5.82.